The van der Waals surface area contributed by atoms with Gasteiger partial charge in [0.1, 0.15) is 12.3 Å². The number of nitrogens with zero attached hydrogens (tertiary/aromatic N) is 2. The smallest absolute Gasteiger partial charge is 0.274 e. The Hall–Kier alpha value is -2.69. The molecule has 5 nitrogen and oxygen atoms in total. The number of nitrogens with one attached hydrogen (secondary N) is 1. The Labute approximate surface area is 129 Å². The maximum atomic E-state index is 12.3. The number of hydrogen-bond acceptors (Lipinski definition) is 4. The number of anilines is 1. The molecule has 1 amide bonds. The highest BCUT2D eigenvalue weighted by Gasteiger charge is 2.28. The predicted molar refractivity (Wildman–Crippen MR) is 85.2 cm³/mol. The molecule has 2 heterocycles. The zero-order valence-corrected chi connectivity index (χ0v) is 12.5. The van der Waals surface area contributed by atoms with E-state index in [1.54, 1.807) is 24.4 Å². The van der Waals surface area contributed by atoms with E-state index < -0.39 is 0 Å². The van der Waals surface area contributed by atoms with Crippen molar-refractivity contribution in [3.05, 3.63) is 59.9 Å². The van der Waals surface area contributed by atoms with Crippen LogP contribution in [-0.2, 0) is 4.74 Å². The Balaban J connectivity index is 1.88. The molecule has 0 unspecified atom stereocenters. The maximum Gasteiger partial charge on any atom is 0.274 e. The topological polar surface area (TPSA) is 63.6 Å². The Kier molecular flexibility index (Phi) is 3.63. The molecule has 0 spiro atoms. The molecule has 5 heteroatoms. The lowest BCUT2D eigenvalue weighted by Crippen LogP contribution is -2.17. The van der Waals surface area contributed by atoms with E-state index >= 15 is 0 Å². The van der Waals surface area contributed by atoms with Gasteiger partial charge in [-0.2, -0.15) is 0 Å². The SMILES string of the molecule is CC1(C)COC(c2ccccc2NC(=O)c2ccccn2)=N1. The summed E-state index contributed by atoms with van der Waals surface area (Å²) >= 11 is 0. The van der Waals surface area contributed by atoms with Crippen molar-refractivity contribution >= 4 is 17.5 Å². The first-order valence-corrected chi connectivity index (χ1v) is 7.10. The van der Waals surface area contributed by atoms with Crippen molar-refractivity contribution in [2.24, 2.45) is 4.99 Å². The van der Waals surface area contributed by atoms with E-state index in [4.69, 9.17) is 4.74 Å². The summed E-state index contributed by atoms with van der Waals surface area (Å²) in [5.41, 5.74) is 1.56. The standard InChI is InChI=1S/C17H17N3O2/c1-17(2)11-22-16(20-17)12-7-3-4-8-13(12)19-15(21)14-9-5-6-10-18-14/h3-10H,11H2,1-2H3,(H,19,21). The average Bonchev–Trinajstić information content (AvgIpc) is 2.88. The largest absolute Gasteiger partial charge is 0.475 e. The minimum atomic E-state index is -0.258. The number of ether oxygens (including phenoxy) is 1. The van der Waals surface area contributed by atoms with Gasteiger partial charge in [-0.15, -0.1) is 0 Å². The van der Waals surface area contributed by atoms with Crippen LogP contribution < -0.4 is 5.32 Å². The van der Waals surface area contributed by atoms with Crippen molar-refractivity contribution in [1.82, 2.24) is 4.98 Å². The maximum absolute atomic E-state index is 12.3. The summed E-state index contributed by atoms with van der Waals surface area (Å²) in [5.74, 6) is 0.299. The number of aliphatic imine (C=N–C) groups is 1. The van der Waals surface area contributed by atoms with Gasteiger partial charge in [0.15, 0.2) is 0 Å². The van der Waals surface area contributed by atoms with Crippen LogP contribution in [0.15, 0.2) is 53.7 Å². The Morgan fingerprint density at radius 3 is 2.64 bits per heavy atom. The molecule has 1 aromatic carbocycles. The Morgan fingerprint density at radius 2 is 1.95 bits per heavy atom. The molecular formula is C17H17N3O2. The quantitative estimate of drug-likeness (QED) is 0.947. The number of carbonyl (C=O) groups excluding carboxylic acids is 1. The van der Waals surface area contributed by atoms with E-state index in [1.807, 2.05) is 38.1 Å². The number of rotatable bonds is 3. The van der Waals surface area contributed by atoms with Crippen molar-refractivity contribution in [2.45, 2.75) is 19.4 Å². The second-order valence-electron chi connectivity index (χ2n) is 5.73. The second kappa shape index (κ2) is 5.60. The summed E-state index contributed by atoms with van der Waals surface area (Å²) in [5, 5.41) is 2.87. The van der Waals surface area contributed by atoms with E-state index in [1.165, 1.54) is 0 Å². The summed E-state index contributed by atoms with van der Waals surface area (Å²) in [4.78, 5) is 20.9. The Morgan fingerprint density at radius 1 is 1.18 bits per heavy atom. The van der Waals surface area contributed by atoms with Crippen molar-refractivity contribution in [3.8, 4) is 0 Å². The van der Waals surface area contributed by atoms with E-state index in [-0.39, 0.29) is 11.4 Å². The lowest BCUT2D eigenvalue weighted by Gasteiger charge is -2.10. The highest BCUT2D eigenvalue weighted by atomic mass is 16.5. The predicted octanol–water partition coefficient (Wildman–Crippen LogP) is 2.89. The lowest BCUT2D eigenvalue weighted by atomic mass is 10.1. The van der Waals surface area contributed by atoms with Crippen LogP contribution in [0.4, 0.5) is 5.69 Å². The zero-order valence-electron chi connectivity index (χ0n) is 12.5. The van der Waals surface area contributed by atoms with Crippen LogP contribution >= 0.6 is 0 Å². The molecule has 2 aromatic rings. The first-order chi connectivity index (χ1) is 10.6. The number of aromatic nitrogens is 1. The molecule has 22 heavy (non-hydrogen) atoms. The van der Waals surface area contributed by atoms with Gasteiger partial charge >= 0.3 is 0 Å². The van der Waals surface area contributed by atoms with Crippen molar-refractivity contribution < 1.29 is 9.53 Å². The fraction of sp³-hybridized carbons (Fsp3) is 0.235. The van der Waals surface area contributed by atoms with Gasteiger partial charge in [0, 0.05) is 6.20 Å². The van der Waals surface area contributed by atoms with E-state index in [2.05, 4.69) is 15.3 Å². The number of para-hydroxylation sites is 1. The molecular weight excluding hydrogens is 278 g/mol. The van der Waals surface area contributed by atoms with Gasteiger partial charge < -0.3 is 10.1 Å². The van der Waals surface area contributed by atoms with Crippen LogP contribution in [-0.4, -0.2) is 28.9 Å². The van der Waals surface area contributed by atoms with Gasteiger partial charge in [-0.05, 0) is 38.1 Å². The average molecular weight is 295 g/mol. The van der Waals surface area contributed by atoms with Crippen LogP contribution in [0.1, 0.15) is 29.9 Å². The summed E-state index contributed by atoms with van der Waals surface area (Å²) in [6.45, 7) is 4.55. The number of carbonyl (C=O) groups is 1. The summed E-state index contributed by atoms with van der Waals surface area (Å²) in [6.07, 6.45) is 1.59. The third-order valence-corrected chi connectivity index (χ3v) is 3.27. The number of pyridine rings is 1. The van der Waals surface area contributed by atoms with Crippen LogP contribution in [0.2, 0.25) is 0 Å². The molecule has 0 bridgehead atoms. The first-order valence-electron chi connectivity index (χ1n) is 7.10. The number of hydrogen-bond donors (Lipinski definition) is 1. The molecule has 0 aliphatic carbocycles. The fourth-order valence-corrected chi connectivity index (χ4v) is 2.18. The molecule has 0 saturated heterocycles. The number of amides is 1. The minimum absolute atomic E-state index is 0.243. The van der Waals surface area contributed by atoms with Crippen LogP contribution in [0.25, 0.3) is 0 Å². The highest BCUT2D eigenvalue weighted by Crippen LogP contribution is 2.25. The molecule has 1 aliphatic rings. The first kappa shape index (κ1) is 14.3. The number of benzene rings is 1. The summed E-state index contributed by atoms with van der Waals surface area (Å²) in [6, 6.07) is 12.7. The molecule has 1 aliphatic heterocycles. The molecule has 112 valence electrons. The molecule has 1 aromatic heterocycles. The van der Waals surface area contributed by atoms with Gasteiger partial charge in [0.25, 0.3) is 5.91 Å². The van der Waals surface area contributed by atoms with Gasteiger partial charge in [-0.1, -0.05) is 18.2 Å². The molecule has 0 atom stereocenters. The zero-order chi connectivity index (χ0) is 15.6. The van der Waals surface area contributed by atoms with Gasteiger partial charge in [-0.25, -0.2) is 4.99 Å². The molecule has 1 N–H and O–H groups in total. The highest BCUT2D eigenvalue weighted by molar-refractivity contribution is 6.08. The summed E-state index contributed by atoms with van der Waals surface area (Å²) < 4.78 is 5.67. The second-order valence-corrected chi connectivity index (χ2v) is 5.73. The van der Waals surface area contributed by atoms with E-state index in [0.717, 1.165) is 5.56 Å². The van der Waals surface area contributed by atoms with Gasteiger partial charge in [0.2, 0.25) is 5.90 Å². The summed E-state index contributed by atoms with van der Waals surface area (Å²) in [7, 11) is 0. The van der Waals surface area contributed by atoms with Crippen LogP contribution in [0.3, 0.4) is 0 Å². The minimum Gasteiger partial charge on any atom is -0.475 e. The fourth-order valence-electron chi connectivity index (χ4n) is 2.18. The molecule has 0 saturated carbocycles. The van der Waals surface area contributed by atoms with Gasteiger partial charge in [-0.3, -0.25) is 9.78 Å². The molecule has 3 rings (SSSR count). The molecule has 0 fully saturated rings. The third kappa shape index (κ3) is 2.98. The normalized spacial score (nSPS) is 15.8. The van der Waals surface area contributed by atoms with Crippen molar-refractivity contribution in [2.75, 3.05) is 11.9 Å². The van der Waals surface area contributed by atoms with E-state index in [9.17, 15) is 4.79 Å². The molecule has 0 radical (unpaired) electrons. The van der Waals surface area contributed by atoms with Crippen molar-refractivity contribution in [3.63, 3.8) is 0 Å². The van der Waals surface area contributed by atoms with Crippen molar-refractivity contribution in [1.29, 1.82) is 0 Å². The Bertz CT molecular complexity index is 724. The lowest BCUT2D eigenvalue weighted by molar-refractivity contribution is 0.102. The van der Waals surface area contributed by atoms with Gasteiger partial charge in [0.05, 0.1) is 16.8 Å². The van der Waals surface area contributed by atoms with Crippen LogP contribution in [0.5, 0.6) is 0 Å². The van der Waals surface area contributed by atoms with E-state index in [0.29, 0.717) is 23.9 Å². The monoisotopic (exact) mass is 295 g/mol. The third-order valence-electron chi connectivity index (χ3n) is 3.27. The van der Waals surface area contributed by atoms with Crippen LogP contribution in [0, 0.1) is 0 Å².